The third-order valence-electron chi connectivity index (χ3n) is 5.65. The van der Waals surface area contributed by atoms with E-state index in [0.717, 1.165) is 22.4 Å². The number of carbonyl (C=O) groups is 1. The SMILES string of the molecule is Cc1ccc(C(C)NC(=O)CSc2nnc(-c3cccnc3)n2-c2ccccc2C)cc1C. The van der Waals surface area contributed by atoms with Crippen LogP contribution in [-0.4, -0.2) is 31.4 Å². The van der Waals surface area contributed by atoms with Gasteiger partial charge in [-0.3, -0.25) is 14.3 Å². The van der Waals surface area contributed by atoms with Gasteiger partial charge in [0, 0.05) is 18.0 Å². The number of nitrogens with one attached hydrogen (secondary N) is 1. The Bertz CT molecular complexity index is 1270. The van der Waals surface area contributed by atoms with Gasteiger partial charge in [-0.25, -0.2) is 0 Å². The minimum absolute atomic E-state index is 0.0482. The van der Waals surface area contributed by atoms with Crippen molar-refractivity contribution < 1.29 is 4.79 Å². The minimum atomic E-state index is -0.0717. The molecule has 0 saturated carbocycles. The first kappa shape index (κ1) is 22.7. The number of pyridine rings is 1. The Morgan fingerprint density at radius 2 is 1.82 bits per heavy atom. The fourth-order valence-electron chi connectivity index (χ4n) is 3.61. The van der Waals surface area contributed by atoms with Gasteiger partial charge in [0.25, 0.3) is 0 Å². The van der Waals surface area contributed by atoms with Crippen molar-refractivity contribution in [2.75, 3.05) is 5.75 Å². The zero-order chi connectivity index (χ0) is 23.4. The van der Waals surface area contributed by atoms with Crippen LogP contribution < -0.4 is 5.32 Å². The Hall–Kier alpha value is -3.45. The number of rotatable bonds is 7. The van der Waals surface area contributed by atoms with Gasteiger partial charge in [0.05, 0.1) is 17.5 Å². The predicted octanol–water partition coefficient (Wildman–Crippen LogP) is 5.22. The van der Waals surface area contributed by atoms with E-state index in [1.807, 2.05) is 41.8 Å². The highest BCUT2D eigenvalue weighted by Crippen LogP contribution is 2.29. The smallest absolute Gasteiger partial charge is 0.230 e. The van der Waals surface area contributed by atoms with Gasteiger partial charge in [0.1, 0.15) is 0 Å². The van der Waals surface area contributed by atoms with Crippen LogP contribution in [0.25, 0.3) is 17.1 Å². The van der Waals surface area contributed by atoms with E-state index in [0.29, 0.717) is 11.0 Å². The van der Waals surface area contributed by atoms with Crippen molar-refractivity contribution in [1.82, 2.24) is 25.1 Å². The van der Waals surface area contributed by atoms with Gasteiger partial charge >= 0.3 is 0 Å². The van der Waals surface area contributed by atoms with Crippen LogP contribution in [0.4, 0.5) is 0 Å². The number of aryl methyl sites for hydroxylation is 3. The van der Waals surface area contributed by atoms with Crippen LogP contribution in [0.15, 0.2) is 72.1 Å². The molecule has 0 fully saturated rings. The second kappa shape index (κ2) is 10.0. The van der Waals surface area contributed by atoms with Crippen molar-refractivity contribution in [3.63, 3.8) is 0 Å². The number of hydrogen-bond donors (Lipinski definition) is 1. The Morgan fingerprint density at radius 1 is 1.00 bits per heavy atom. The summed E-state index contributed by atoms with van der Waals surface area (Å²) >= 11 is 1.37. The summed E-state index contributed by atoms with van der Waals surface area (Å²) in [5.74, 6) is 0.892. The molecule has 1 atom stereocenters. The van der Waals surface area contributed by atoms with E-state index in [1.165, 1.54) is 22.9 Å². The molecule has 4 aromatic rings. The maximum absolute atomic E-state index is 12.7. The molecular weight excluding hydrogens is 430 g/mol. The largest absolute Gasteiger partial charge is 0.349 e. The summed E-state index contributed by atoms with van der Waals surface area (Å²) in [7, 11) is 0. The molecule has 1 unspecified atom stereocenters. The molecule has 2 heterocycles. The average Bonchev–Trinajstić information content (AvgIpc) is 3.24. The first-order valence-corrected chi connectivity index (χ1v) is 11.8. The van der Waals surface area contributed by atoms with Crippen LogP contribution in [0, 0.1) is 20.8 Å². The minimum Gasteiger partial charge on any atom is -0.349 e. The molecule has 6 nitrogen and oxygen atoms in total. The van der Waals surface area contributed by atoms with Crippen molar-refractivity contribution in [3.8, 4) is 17.1 Å². The molecule has 7 heteroatoms. The third kappa shape index (κ3) is 5.14. The summed E-state index contributed by atoms with van der Waals surface area (Å²) in [6, 6.07) is 18.1. The van der Waals surface area contributed by atoms with Gasteiger partial charge in [0.2, 0.25) is 5.91 Å². The van der Waals surface area contributed by atoms with E-state index in [4.69, 9.17) is 0 Å². The molecule has 0 spiro atoms. The highest BCUT2D eigenvalue weighted by atomic mass is 32.2. The number of benzene rings is 2. The van der Waals surface area contributed by atoms with Gasteiger partial charge < -0.3 is 5.32 Å². The summed E-state index contributed by atoms with van der Waals surface area (Å²) in [6.45, 7) is 8.22. The lowest BCUT2D eigenvalue weighted by Crippen LogP contribution is -2.28. The molecule has 168 valence electrons. The number of nitrogens with zero attached hydrogens (tertiary/aromatic N) is 4. The maximum atomic E-state index is 12.7. The van der Waals surface area contributed by atoms with Crippen molar-refractivity contribution in [2.45, 2.75) is 38.9 Å². The Balaban J connectivity index is 1.54. The second-order valence-corrected chi connectivity index (χ2v) is 9.03. The van der Waals surface area contributed by atoms with E-state index < -0.39 is 0 Å². The van der Waals surface area contributed by atoms with Gasteiger partial charge in [-0.2, -0.15) is 0 Å². The quantitative estimate of drug-likeness (QED) is 0.385. The summed E-state index contributed by atoms with van der Waals surface area (Å²) in [4.78, 5) is 17.0. The maximum Gasteiger partial charge on any atom is 0.230 e. The lowest BCUT2D eigenvalue weighted by atomic mass is 10.0. The van der Waals surface area contributed by atoms with Gasteiger partial charge in [-0.15, -0.1) is 10.2 Å². The van der Waals surface area contributed by atoms with Crippen LogP contribution in [0.3, 0.4) is 0 Å². The van der Waals surface area contributed by atoms with E-state index in [9.17, 15) is 4.79 Å². The van der Waals surface area contributed by atoms with Gasteiger partial charge in [-0.05, 0) is 68.1 Å². The first-order valence-electron chi connectivity index (χ1n) is 10.8. The summed E-state index contributed by atoms with van der Waals surface area (Å²) < 4.78 is 2.00. The van der Waals surface area contributed by atoms with E-state index >= 15 is 0 Å². The Kier molecular flexibility index (Phi) is 6.89. The number of amides is 1. The number of thioether (sulfide) groups is 1. The van der Waals surface area contributed by atoms with Crippen molar-refractivity contribution in [1.29, 1.82) is 0 Å². The Morgan fingerprint density at radius 3 is 2.55 bits per heavy atom. The molecule has 2 aromatic carbocycles. The number of carbonyl (C=O) groups excluding carboxylic acids is 1. The molecule has 0 radical (unpaired) electrons. The lowest BCUT2D eigenvalue weighted by molar-refractivity contribution is -0.119. The van der Waals surface area contributed by atoms with Crippen LogP contribution in [0.2, 0.25) is 0 Å². The van der Waals surface area contributed by atoms with Crippen LogP contribution in [0.1, 0.15) is 35.2 Å². The second-order valence-electron chi connectivity index (χ2n) is 8.09. The Labute approximate surface area is 198 Å². The molecule has 0 aliphatic rings. The standard InChI is InChI=1S/C26H27N5OS/c1-17-11-12-21(14-19(17)3)20(4)28-24(32)16-33-26-30-29-25(22-9-7-13-27-15-22)31(26)23-10-6-5-8-18(23)2/h5-15,20H,16H2,1-4H3,(H,28,32). The van der Waals surface area contributed by atoms with Crippen LogP contribution in [-0.2, 0) is 4.79 Å². The average molecular weight is 458 g/mol. The van der Waals surface area contributed by atoms with Crippen LogP contribution in [0.5, 0.6) is 0 Å². The zero-order valence-corrected chi connectivity index (χ0v) is 20.1. The number of hydrogen-bond acceptors (Lipinski definition) is 5. The molecule has 0 aliphatic carbocycles. The van der Waals surface area contributed by atoms with E-state index in [-0.39, 0.29) is 17.7 Å². The molecule has 2 aromatic heterocycles. The summed E-state index contributed by atoms with van der Waals surface area (Å²) in [6.07, 6.45) is 3.50. The molecule has 1 N–H and O–H groups in total. The number of aromatic nitrogens is 4. The zero-order valence-electron chi connectivity index (χ0n) is 19.2. The summed E-state index contributed by atoms with van der Waals surface area (Å²) in [5.41, 5.74) is 6.50. The molecule has 0 saturated heterocycles. The monoisotopic (exact) mass is 457 g/mol. The van der Waals surface area contributed by atoms with Gasteiger partial charge in [-0.1, -0.05) is 48.2 Å². The van der Waals surface area contributed by atoms with Crippen molar-refractivity contribution in [3.05, 3.63) is 89.2 Å². The molecule has 33 heavy (non-hydrogen) atoms. The molecule has 1 amide bonds. The van der Waals surface area contributed by atoms with Crippen molar-refractivity contribution in [2.24, 2.45) is 0 Å². The molecule has 4 rings (SSSR count). The predicted molar refractivity (Wildman–Crippen MR) is 133 cm³/mol. The fourth-order valence-corrected chi connectivity index (χ4v) is 4.36. The topological polar surface area (TPSA) is 72.7 Å². The highest BCUT2D eigenvalue weighted by Gasteiger charge is 2.19. The van der Waals surface area contributed by atoms with Crippen LogP contribution >= 0.6 is 11.8 Å². The van der Waals surface area contributed by atoms with E-state index in [1.54, 1.807) is 12.4 Å². The van der Waals surface area contributed by atoms with E-state index in [2.05, 4.69) is 65.5 Å². The molecule has 0 aliphatic heterocycles. The normalized spacial score (nSPS) is 11.9. The summed E-state index contributed by atoms with van der Waals surface area (Å²) in [5, 5.41) is 12.6. The van der Waals surface area contributed by atoms with Crippen molar-refractivity contribution >= 4 is 17.7 Å². The lowest BCUT2D eigenvalue weighted by Gasteiger charge is -2.16. The highest BCUT2D eigenvalue weighted by molar-refractivity contribution is 7.99. The molecular formula is C26H27N5OS. The third-order valence-corrected chi connectivity index (χ3v) is 6.58. The fraction of sp³-hybridized carbons (Fsp3) is 0.231. The molecule has 0 bridgehead atoms. The first-order chi connectivity index (χ1) is 15.9. The number of para-hydroxylation sites is 1. The van der Waals surface area contributed by atoms with Gasteiger partial charge in [0.15, 0.2) is 11.0 Å².